The van der Waals surface area contributed by atoms with E-state index >= 15 is 0 Å². The smallest absolute Gasteiger partial charge is 0.325 e. The van der Waals surface area contributed by atoms with Crippen LogP contribution < -0.4 is 10.1 Å². The molecule has 0 aliphatic heterocycles. The number of benzene rings is 1. The second-order valence-electron chi connectivity index (χ2n) is 2.95. The van der Waals surface area contributed by atoms with E-state index in [1.165, 1.54) is 26.3 Å². The van der Waals surface area contributed by atoms with Gasteiger partial charge >= 0.3 is 5.97 Å². The van der Waals surface area contributed by atoms with Crippen molar-refractivity contribution in [1.82, 2.24) is 5.32 Å². The molecule has 0 bridgehead atoms. The summed E-state index contributed by atoms with van der Waals surface area (Å²) in [6, 6.07) is 3.15. The van der Waals surface area contributed by atoms with Gasteiger partial charge in [0.15, 0.2) is 11.6 Å². The topological polar surface area (TPSA) is 58.6 Å². The average Bonchev–Trinajstić information content (AvgIpc) is 2.18. The number of rotatable bonds is 4. The molecule has 82 valence electrons. The van der Waals surface area contributed by atoms with Crippen LogP contribution in [0.25, 0.3) is 0 Å². The zero-order chi connectivity index (χ0) is 11.4. The SMILES string of the molecule is CNC(C(=O)O)c1ccc(OC)c(F)c1. The minimum Gasteiger partial charge on any atom is -0.494 e. The van der Waals surface area contributed by atoms with E-state index in [1.807, 2.05) is 0 Å². The van der Waals surface area contributed by atoms with E-state index < -0.39 is 17.8 Å². The molecule has 1 unspecified atom stereocenters. The Bertz CT molecular complexity index is 368. The van der Waals surface area contributed by atoms with Crippen molar-refractivity contribution in [1.29, 1.82) is 0 Å². The lowest BCUT2D eigenvalue weighted by Crippen LogP contribution is -2.25. The van der Waals surface area contributed by atoms with E-state index in [9.17, 15) is 9.18 Å². The van der Waals surface area contributed by atoms with Gasteiger partial charge in [-0.2, -0.15) is 0 Å². The van der Waals surface area contributed by atoms with Crippen LogP contribution in [0.1, 0.15) is 11.6 Å². The maximum Gasteiger partial charge on any atom is 0.325 e. The molecule has 0 radical (unpaired) electrons. The van der Waals surface area contributed by atoms with Crippen LogP contribution >= 0.6 is 0 Å². The molecule has 4 nitrogen and oxygen atoms in total. The van der Waals surface area contributed by atoms with Crippen molar-refractivity contribution in [3.05, 3.63) is 29.6 Å². The molecule has 15 heavy (non-hydrogen) atoms. The van der Waals surface area contributed by atoms with E-state index in [0.29, 0.717) is 5.56 Å². The van der Waals surface area contributed by atoms with Gasteiger partial charge in [-0.3, -0.25) is 4.79 Å². The standard InChI is InChI=1S/C10H12FNO3/c1-12-9(10(13)14)6-3-4-8(15-2)7(11)5-6/h3-5,9,12H,1-2H3,(H,13,14). The molecule has 0 saturated heterocycles. The lowest BCUT2D eigenvalue weighted by atomic mass is 10.1. The molecule has 1 rings (SSSR count). The third-order valence-electron chi connectivity index (χ3n) is 2.04. The minimum absolute atomic E-state index is 0.0963. The quantitative estimate of drug-likeness (QED) is 0.788. The summed E-state index contributed by atoms with van der Waals surface area (Å²) in [7, 11) is 2.85. The molecule has 0 spiro atoms. The first-order valence-corrected chi connectivity index (χ1v) is 4.33. The number of hydrogen-bond donors (Lipinski definition) is 2. The highest BCUT2D eigenvalue weighted by Crippen LogP contribution is 2.21. The largest absolute Gasteiger partial charge is 0.494 e. The molecule has 0 fully saturated rings. The third-order valence-corrected chi connectivity index (χ3v) is 2.04. The van der Waals surface area contributed by atoms with Gasteiger partial charge in [0.2, 0.25) is 0 Å². The summed E-state index contributed by atoms with van der Waals surface area (Å²) in [6.45, 7) is 0. The molecule has 1 aromatic carbocycles. The fourth-order valence-electron chi connectivity index (χ4n) is 1.29. The second kappa shape index (κ2) is 4.75. The van der Waals surface area contributed by atoms with Crippen LogP contribution in [0.2, 0.25) is 0 Å². The Morgan fingerprint density at radius 3 is 2.67 bits per heavy atom. The van der Waals surface area contributed by atoms with Crippen LogP contribution in [0, 0.1) is 5.82 Å². The summed E-state index contributed by atoms with van der Waals surface area (Å²) >= 11 is 0. The molecule has 0 amide bonds. The lowest BCUT2D eigenvalue weighted by Gasteiger charge is -2.12. The number of carbonyl (C=O) groups is 1. The van der Waals surface area contributed by atoms with E-state index in [1.54, 1.807) is 0 Å². The van der Waals surface area contributed by atoms with E-state index in [0.717, 1.165) is 6.07 Å². The van der Waals surface area contributed by atoms with Gasteiger partial charge in [0.1, 0.15) is 6.04 Å². The van der Waals surface area contributed by atoms with Crippen molar-refractivity contribution >= 4 is 5.97 Å². The Balaban J connectivity index is 3.05. The molecule has 2 N–H and O–H groups in total. The molecule has 1 aromatic rings. The van der Waals surface area contributed by atoms with Gasteiger partial charge in [0.25, 0.3) is 0 Å². The van der Waals surface area contributed by atoms with Gasteiger partial charge in [-0.1, -0.05) is 6.07 Å². The van der Waals surface area contributed by atoms with Crippen LogP contribution in [0.4, 0.5) is 4.39 Å². The number of likely N-dealkylation sites (N-methyl/N-ethyl adjacent to an activating group) is 1. The molecule has 5 heteroatoms. The third kappa shape index (κ3) is 2.44. The molecule has 0 heterocycles. The number of halogens is 1. The molecule has 0 saturated carbocycles. The van der Waals surface area contributed by atoms with Crippen molar-refractivity contribution in [2.24, 2.45) is 0 Å². The molecule has 0 aliphatic carbocycles. The van der Waals surface area contributed by atoms with E-state index in [4.69, 9.17) is 9.84 Å². The maximum atomic E-state index is 13.3. The zero-order valence-corrected chi connectivity index (χ0v) is 8.45. The normalized spacial score (nSPS) is 12.2. The van der Waals surface area contributed by atoms with Gasteiger partial charge in [-0.25, -0.2) is 4.39 Å². The Morgan fingerprint density at radius 1 is 1.60 bits per heavy atom. The first kappa shape index (κ1) is 11.5. The van der Waals surface area contributed by atoms with Crippen LogP contribution in [0.15, 0.2) is 18.2 Å². The van der Waals surface area contributed by atoms with Crippen LogP contribution in [0.5, 0.6) is 5.75 Å². The summed E-state index contributed by atoms with van der Waals surface area (Å²) in [4.78, 5) is 10.8. The Labute approximate surface area is 86.7 Å². The minimum atomic E-state index is -1.05. The van der Waals surface area contributed by atoms with Crippen molar-refractivity contribution in [2.45, 2.75) is 6.04 Å². The van der Waals surface area contributed by atoms with Gasteiger partial charge < -0.3 is 15.2 Å². The maximum absolute atomic E-state index is 13.3. The lowest BCUT2D eigenvalue weighted by molar-refractivity contribution is -0.139. The summed E-state index contributed by atoms with van der Waals surface area (Å²) in [5.41, 5.74) is 0.350. The van der Waals surface area contributed by atoms with Crippen molar-refractivity contribution < 1.29 is 19.0 Å². The number of methoxy groups -OCH3 is 1. The highest BCUT2D eigenvalue weighted by Gasteiger charge is 2.18. The molecular formula is C10H12FNO3. The van der Waals surface area contributed by atoms with E-state index in [2.05, 4.69) is 5.32 Å². The number of aliphatic carboxylic acids is 1. The Kier molecular flexibility index (Phi) is 3.62. The number of ether oxygens (including phenoxy) is 1. The highest BCUT2D eigenvalue weighted by molar-refractivity contribution is 5.75. The average molecular weight is 213 g/mol. The summed E-state index contributed by atoms with van der Waals surface area (Å²) in [6.07, 6.45) is 0. The molecule has 0 aliphatic rings. The fourth-order valence-corrected chi connectivity index (χ4v) is 1.29. The van der Waals surface area contributed by atoms with Crippen LogP contribution in [-0.2, 0) is 4.79 Å². The summed E-state index contributed by atoms with van der Waals surface area (Å²) < 4.78 is 18.0. The van der Waals surface area contributed by atoms with Crippen molar-refractivity contribution in [2.75, 3.05) is 14.2 Å². The van der Waals surface area contributed by atoms with Crippen LogP contribution in [0.3, 0.4) is 0 Å². The zero-order valence-electron chi connectivity index (χ0n) is 8.45. The molecular weight excluding hydrogens is 201 g/mol. The van der Waals surface area contributed by atoms with Crippen molar-refractivity contribution in [3.63, 3.8) is 0 Å². The monoisotopic (exact) mass is 213 g/mol. The molecule has 0 aromatic heterocycles. The fraction of sp³-hybridized carbons (Fsp3) is 0.300. The summed E-state index contributed by atoms with van der Waals surface area (Å²) in [5, 5.41) is 11.4. The predicted molar refractivity (Wildman–Crippen MR) is 52.4 cm³/mol. The number of hydrogen-bond acceptors (Lipinski definition) is 3. The van der Waals surface area contributed by atoms with E-state index in [-0.39, 0.29) is 5.75 Å². The summed E-state index contributed by atoms with van der Waals surface area (Å²) in [5.74, 6) is -1.53. The first-order chi connectivity index (χ1) is 7.10. The first-order valence-electron chi connectivity index (χ1n) is 4.33. The van der Waals surface area contributed by atoms with Crippen LogP contribution in [-0.4, -0.2) is 25.2 Å². The highest BCUT2D eigenvalue weighted by atomic mass is 19.1. The number of carboxylic acid groups (broad SMARTS) is 1. The number of nitrogens with one attached hydrogen (secondary N) is 1. The van der Waals surface area contributed by atoms with Gasteiger partial charge in [0.05, 0.1) is 7.11 Å². The second-order valence-corrected chi connectivity index (χ2v) is 2.95. The van der Waals surface area contributed by atoms with Crippen molar-refractivity contribution in [3.8, 4) is 5.75 Å². The predicted octanol–water partition coefficient (Wildman–Crippen LogP) is 1.18. The van der Waals surface area contributed by atoms with Gasteiger partial charge in [0, 0.05) is 0 Å². The Hall–Kier alpha value is -1.62. The van der Waals surface area contributed by atoms with Gasteiger partial charge in [-0.15, -0.1) is 0 Å². The Morgan fingerprint density at radius 2 is 2.27 bits per heavy atom. The number of carboxylic acids is 1. The molecule has 1 atom stereocenters. The van der Waals surface area contributed by atoms with Gasteiger partial charge in [-0.05, 0) is 24.7 Å².